The van der Waals surface area contributed by atoms with Crippen LogP contribution in [-0.4, -0.2) is 13.1 Å². The van der Waals surface area contributed by atoms with Crippen LogP contribution in [0.3, 0.4) is 0 Å². The lowest BCUT2D eigenvalue weighted by Gasteiger charge is -2.13. The Morgan fingerprint density at radius 3 is 2.79 bits per heavy atom. The van der Waals surface area contributed by atoms with E-state index in [2.05, 4.69) is 26.6 Å². The third kappa shape index (κ3) is 3.03. The molecule has 1 aromatic carbocycles. The van der Waals surface area contributed by atoms with E-state index in [1.165, 1.54) is 0 Å². The van der Waals surface area contributed by atoms with Gasteiger partial charge in [0.2, 0.25) is 0 Å². The molecule has 1 rings (SSSR count). The highest BCUT2D eigenvalue weighted by Crippen LogP contribution is 2.17. The molecule has 0 fully saturated rings. The first-order valence-corrected chi connectivity index (χ1v) is 5.16. The summed E-state index contributed by atoms with van der Waals surface area (Å²) in [6.45, 7) is 1.94. The summed E-state index contributed by atoms with van der Waals surface area (Å²) >= 11 is 3.39. The first-order chi connectivity index (χ1) is 6.63. The minimum Gasteiger partial charge on any atom is -0.341 e. The molecule has 0 bridgehead atoms. The molecule has 1 atom stereocenters. The molecule has 0 aliphatic heterocycles. The molecule has 0 radical (unpaired) electrons. The summed E-state index contributed by atoms with van der Waals surface area (Å²) in [5.74, 6) is 0. The molecule has 0 heterocycles. The maximum Gasteiger partial charge on any atom is 0.315 e. The van der Waals surface area contributed by atoms with Gasteiger partial charge in [0.15, 0.2) is 0 Å². The molecule has 2 amide bonds. The Hall–Kier alpha value is -1.03. The maximum absolute atomic E-state index is 11.0. The van der Waals surface area contributed by atoms with Gasteiger partial charge in [-0.15, -0.1) is 0 Å². The zero-order valence-electron chi connectivity index (χ0n) is 8.17. The number of carbonyl (C=O) groups is 1. The molecular weight excluding hydrogens is 244 g/mol. The Labute approximate surface area is 92.0 Å². The molecule has 0 aromatic heterocycles. The number of urea groups is 1. The fourth-order valence-electron chi connectivity index (χ4n) is 1.13. The van der Waals surface area contributed by atoms with Gasteiger partial charge in [-0.05, 0) is 24.6 Å². The summed E-state index contributed by atoms with van der Waals surface area (Å²) < 4.78 is 1.01. The maximum atomic E-state index is 11.0. The second kappa shape index (κ2) is 5.00. The van der Waals surface area contributed by atoms with E-state index in [4.69, 9.17) is 0 Å². The van der Waals surface area contributed by atoms with Crippen LogP contribution >= 0.6 is 15.9 Å². The van der Waals surface area contributed by atoms with E-state index in [0.29, 0.717) is 0 Å². The third-order valence-electron chi connectivity index (χ3n) is 1.92. The quantitative estimate of drug-likeness (QED) is 0.839. The van der Waals surface area contributed by atoms with Crippen molar-refractivity contribution in [3.8, 4) is 0 Å². The van der Waals surface area contributed by atoms with E-state index in [9.17, 15) is 4.79 Å². The van der Waals surface area contributed by atoms with Gasteiger partial charge in [-0.25, -0.2) is 4.79 Å². The highest BCUT2D eigenvalue weighted by molar-refractivity contribution is 9.10. The van der Waals surface area contributed by atoms with Gasteiger partial charge in [0.25, 0.3) is 0 Å². The van der Waals surface area contributed by atoms with Crippen molar-refractivity contribution in [1.82, 2.24) is 10.6 Å². The number of amides is 2. The lowest BCUT2D eigenvalue weighted by atomic mass is 10.1. The number of hydrogen-bond acceptors (Lipinski definition) is 1. The fraction of sp³-hybridized carbons (Fsp3) is 0.300. The van der Waals surface area contributed by atoms with E-state index in [1.807, 2.05) is 31.2 Å². The van der Waals surface area contributed by atoms with Crippen molar-refractivity contribution in [2.45, 2.75) is 13.0 Å². The minimum atomic E-state index is -0.169. The van der Waals surface area contributed by atoms with Gasteiger partial charge in [0.1, 0.15) is 0 Å². The summed E-state index contributed by atoms with van der Waals surface area (Å²) in [5, 5.41) is 5.32. The molecule has 14 heavy (non-hydrogen) atoms. The SMILES string of the molecule is CNC(=O)NC(C)c1cccc(Br)c1. The summed E-state index contributed by atoms with van der Waals surface area (Å²) in [6.07, 6.45) is 0. The summed E-state index contributed by atoms with van der Waals surface area (Å²) in [5.41, 5.74) is 1.07. The smallest absolute Gasteiger partial charge is 0.315 e. The monoisotopic (exact) mass is 256 g/mol. The Bertz CT molecular complexity index is 328. The highest BCUT2D eigenvalue weighted by atomic mass is 79.9. The Kier molecular flexibility index (Phi) is 3.95. The number of rotatable bonds is 2. The van der Waals surface area contributed by atoms with Crippen molar-refractivity contribution < 1.29 is 4.79 Å². The molecule has 0 aliphatic carbocycles. The summed E-state index contributed by atoms with van der Waals surface area (Å²) in [6, 6.07) is 7.70. The predicted molar refractivity (Wildman–Crippen MR) is 60.1 cm³/mol. The fourth-order valence-corrected chi connectivity index (χ4v) is 1.55. The molecule has 0 aliphatic rings. The first-order valence-electron chi connectivity index (χ1n) is 4.37. The van der Waals surface area contributed by atoms with Crippen LogP contribution in [0.2, 0.25) is 0 Å². The zero-order chi connectivity index (χ0) is 10.6. The Morgan fingerprint density at radius 2 is 2.21 bits per heavy atom. The van der Waals surface area contributed by atoms with Crippen LogP contribution in [0.15, 0.2) is 28.7 Å². The van der Waals surface area contributed by atoms with Crippen LogP contribution in [0, 0.1) is 0 Å². The van der Waals surface area contributed by atoms with Gasteiger partial charge in [-0.1, -0.05) is 28.1 Å². The molecule has 1 unspecified atom stereocenters. The van der Waals surface area contributed by atoms with Gasteiger partial charge in [-0.3, -0.25) is 0 Å². The van der Waals surface area contributed by atoms with Gasteiger partial charge >= 0.3 is 6.03 Å². The number of carbonyl (C=O) groups excluding carboxylic acids is 1. The van der Waals surface area contributed by atoms with Crippen molar-refractivity contribution in [2.24, 2.45) is 0 Å². The van der Waals surface area contributed by atoms with Crippen LogP contribution < -0.4 is 10.6 Å². The minimum absolute atomic E-state index is 0.00690. The average molecular weight is 257 g/mol. The second-order valence-electron chi connectivity index (χ2n) is 3.00. The van der Waals surface area contributed by atoms with Crippen LogP contribution in [0.4, 0.5) is 4.79 Å². The third-order valence-corrected chi connectivity index (χ3v) is 2.42. The van der Waals surface area contributed by atoms with E-state index in [-0.39, 0.29) is 12.1 Å². The van der Waals surface area contributed by atoms with Crippen molar-refractivity contribution in [3.63, 3.8) is 0 Å². The molecule has 0 saturated heterocycles. The van der Waals surface area contributed by atoms with Crippen LogP contribution in [0.25, 0.3) is 0 Å². The van der Waals surface area contributed by atoms with Crippen molar-refractivity contribution in [2.75, 3.05) is 7.05 Å². The Balaban J connectivity index is 2.69. The lowest BCUT2D eigenvalue weighted by molar-refractivity contribution is 0.240. The normalized spacial score (nSPS) is 11.9. The largest absolute Gasteiger partial charge is 0.341 e. The number of halogens is 1. The Morgan fingerprint density at radius 1 is 1.50 bits per heavy atom. The predicted octanol–water partition coefficient (Wildman–Crippen LogP) is 2.44. The number of hydrogen-bond donors (Lipinski definition) is 2. The van der Waals surface area contributed by atoms with E-state index in [1.54, 1.807) is 7.05 Å². The van der Waals surface area contributed by atoms with Gasteiger partial charge < -0.3 is 10.6 Å². The van der Waals surface area contributed by atoms with Gasteiger partial charge in [0.05, 0.1) is 6.04 Å². The molecule has 4 heteroatoms. The molecule has 0 spiro atoms. The molecule has 1 aromatic rings. The second-order valence-corrected chi connectivity index (χ2v) is 3.92. The van der Waals surface area contributed by atoms with Crippen LogP contribution in [-0.2, 0) is 0 Å². The van der Waals surface area contributed by atoms with Crippen molar-refractivity contribution >= 4 is 22.0 Å². The molecule has 2 N–H and O–H groups in total. The number of benzene rings is 1. The summed E-state index contributed by atoms with van der Waals surface area (Å²) in [4.78, 5) is 11.0. The van der Waals surface area contributed by atoms with Crippen LogP contribution in [0.1, 0.15) is 18.5 Å². The van der Waals surface area contributed by atoms with Gasteiger partial charge in [0, 0.05) is 11.5 Å². The van der Waals surface area contributed by atoms with Crippen molar-refractivity contribution in [3.05, 3.63) is 34.3 Å². The average Bonchev–Trinajstić information content (AvgIpc) is 2.17. The van der Waals surface area contributed by atoms with E-state index < -0.39 is 0 Å². The van der Waals surface area contributed by atoms with Crippen molar-refractivity contribution in [1.29, 1.82) is 0 Å². The molecule has 3 nitrogen and oxygen atoms in total. The molecule has 0 saturated carbocycles. The first kappa shape index (κ1) is 11.0. The number of nitrogens with one attached hydrogen (secondary N) is 2. The zero-order valence-corrected chi connectivity index (χ0v) is 9.76. The summed E-state index contributed by atoms with van der Waals surface area (Å²) in [7, 11) is 1.60. The van der Waals surface area contributed by atoms with Crippen LogP contribution in [0.5, 0.6) is 0 Å². The van der Waals surface area contributed by atoms with Gasteiger partial charge in [-0.2, -0.15) is 0 Å². The molecular formula is C10H13BrN2O. The lowest BCUT2D eigenvalue weighted by Crippen LogP contribution is -2.34. The highest BCUT2D eigenvalue weighted by Gasteiger charge is 2.07. The van der Waals surface area contributed by atoms with E-state index >= 15 is 0 Å². The van der Waals surface area contributed by atoms with E-state index in [0.717, 1.165) is 10.0 Å². The topological polar surface area (TPSA) is 41.1 Å². The molecule has 76 valence electrons. The standard InChI is InChI=1S/C10H13BrN2O/c1-7(13-10(14)12-2)8-4-3-5-9(11)6-8/h3-7H,1-2H3,(H2,12,13,14).